The third kappa shape index (κ3) is 2.85. The number of rotatable bonds is 3. The van der Waals surface area contributed by atoms with Crippen LogP contribution in [0.25, 0.3) is 33.3 Å². The van der Waals surface area contributed by atoms with Crippen LogP contribution in [-0.2, 0) is 0 Å². The molecule has 0 saturated carbocycles. The molecule has 1 aromatic carbocycles. The summed E-state index contributed by atoms with van der Waals surface area (Å²) in [7, 11) is 1.85. The van der Waals surface area contributed by atoms with Crippen LogP contribution in [0.1, 0.15) is 5.56 Å². The molecular weight excluding hydrogens is 315 g/mol. The zero-order valence-electron chi connectivity index (χ0n) is 14.0. The highest BCUT2D eigenvalue weighted by atomic mass is 19.1. The van der Waals surface area contributed by atoms with E-state index in [-0.39, 0.29) is 0 Å². The number of fused-ring (bicyclic) bond motifs is 1. The number of aromatic nitrogens is 3. The predicted octanol–water partition coefficient (Wildman–Crippen LogP) is 4.78. The van der Waals surface area contributed by atoms with Gasteiger partial charge in [0, 0.05) is 41.5 Å². The molecular formula is C20H17FN4. The minimum Gasteiger partial charge on any atom is -0.373 e. The van der Waals surface area contributed by atoms with Crippen LogP contribution in [0.3, 0.4) is 0 Å². The highest BCUT2D eigenvalue weighted by molar-refractivity contribution is 5.86. The van der Waals surface area contributed by atoms with Gasteiger partial charge in [-0.25, -0.2) is 9.97 Å². The lowest BCUT2D eigenvalue weighted by Gasteiger charge is -2.08. The third-order valence-electron chi connectivity index (χ3n) is 4.34. The van der Waals surface area contributed by atoms with Crippen LogP contribution >= 0.6 is 0 Å². The van der Waals surface area contributed by atoms with Gasteiger partial charge in [-0.2, -0.15) is 4.39 Å². The Morgan fingerprint density at radius 1 is 0.960 bits per heavy atom. The van der Waals surface area contributed by atoms with Gasteiger partial charge in [-0.15, -0.1) is 0 Å². The summed E-state index contributed by atoms with van der Waals surface area (Å²) in [6.45, 7) is 2.07. The van der Waals surface area contributed by atoms with Crippen molar-refractivity contribution in [2.75, 3.05) is 12.4 Å². The molecule has 0 bridgehead atoms. The number of pyridine rings is 2. The first kappa shape index (κ1) is 15.3. The second-order valence-corrected chi connectivity index (χ2v) is 5.99. The van der Waals surface area contributed by atoms with Gasteiger partial charge in [-0.3, -0.25) is 0 Å². The van der Waals surface area contributed by atoms with Crippen molar-refractivity contribution in [3.8, 4) is 22.4 Å². The number of aryl methyl sites for hydroxylation is 1. The largest absolute Gasteiger partial charge is 0.373 e. The van der Waals surface area contributed by atoms with Crippen molar-refractivity contribution in [2.24, 2.45) is 0 Å². The van der Waals surface area contributed by atoms with Crippen LogP contribution in [-0.4, -0.2) is 22.0 Å². The number of nitrogens with zero attached hydrogens (tertiary/aromatic N) is 2. The third-order valence-corrected chi connectivity index (χ3v) is 4.34. The molecule has 4 nitrogen and oxygen atoms in total. The molecule has 0 radical (unpaired) electrons. The Balaban J connectivity index is 1.73. The number of nitrogens with one attached hydrogen (secondary N) is 2. The number of hydrogen-bond donors (Lipinski definition) is 2. The lowest BCUT2D eigenvalue weighted by atomic mass is 9.99. The van der Waals surface area contributed by atoms with E-state index in [1.165, 1.54) is 12.3 Å². The van der Waals surface area contributed by atoms with Crippen molar-refractivity contribution < 1.29 is 4.39 Å². The van der Waals surface area contributed by atoms with E-state index < -0.39 is 5.95 Å². The van der Waals surface area contributed by atoms with Crippen molar-refractivity contribution in [3.05, 3.63) is 66.4 Å². The monoisotopic (exact) mass is 332 g/mol. The van der Waals surface area contributed by atoms with E-state index in [2.05, 4.69) is 45.4 Å². The number of hydrogen-bond acceptors (Lipinski definition) is 3. The van der Waals surface area contributed by atoms with Crippen molar-refractivity contribution in [1.82, 2.24) is 15.0 Å². The molecule has 0 amide bonds. The van der Waals surface area contributed by atoms with Gasteiger partial charge in [-0.05, 0) is 36.2 Å². The molecule has 124 valence electrons. The second-order valence-electron chi connectivity index (χ2n) is 5.99. The van der Waals surface area contributed by atoms with Gasteiger partial charge in [0.2, 0.25) is 5.95 Å². The van der Waals surface area contributed by atoms with E-state index in [9.17, 15) is 4.39 Å². The number of benzene rings is 1. The van der Waals surface area contributed by atoms with Crippen LogP contribution in [0.4, 0.5) is 10.2 Å². The zero-order valence-corrected chi connectivity index (χ0v) is 14.0. The number of halogens is 1. The first-order valence-corrected chi connectivity index (χ1v) is 8.03. The summed E-state index contributed by atoms with van der Waals surface area (Å²) in [4.78, 5) is 11.4. The van der Waals surface area contributed by atoms with Gasteiger partial charge >= 0.3 is 0 Å². The van der Waals surface area contributed by atoms with E-state index in [1.54, 1.807) is 0 Å². The van der Waals surface area contributed by atoms with E-state index in [0.29, 0.717) is 0 Å². The minimum absolute atomic E-state index is 0.470. The summed E-state index contributed by atoms with van der Waals surface area (Å²) in [6, 6.07) is 13.7. The molecule has 0 aliphatic heterocycles. The Morgan fingerprint density at radius 3 is 2.52 bits per heavy atom. The molecule has 3 heterocycles. The van der Waals surface area contributed by atoms with Gasteiger partial charge < -0.3 is 10.3 Å². The summed E-state index contributed by atoms with van der Waals surface area (Å²) in [5.41, 5.74) is 6.17. The Bertz CT molecular complexity index is 1050. The molecule has 4 rings (SSSR count). The Labute approximate surface area is 144 Å². The molecule has 25 heavy (non-hydrogen) atoms. The van der Waals surface area contributed by atoms with Crippen molar-refractivity contribution in [1.29, 1.82) is 0 Å². The molecule has 3 aromatic heterocycles. The van der Waals surface area contributed by atoms with Gasteiger partial charge in [-0.1, -0.05) is 18.2 Å². The van der Waals surface area contributed by atoms with E-state index in [1.807, 2.05) is 31.4 Å². The molecule has 0 fully saturated rings. The molecule has 0 atom stereocenters. The smallest absolute Gasteiger partial charge is 0.213 e. The summed E-state index contributed by atoms with van der Waals surface area (Å²) in [5, 5.41) is 3.83. The molecule has 4 aromatic rings. The van der Waals surface area contributed by atoms with Crippen molar-refractivity contribution in [2.45, 2.75) is 6.92 Å². The highest BCUT2D eigenvalue weighted by Gasteiger charge is 2.09. The van der Waals surface area contributed by atoms with Crippen molar-refractivity contribution >= 4 is 16.7 Å². The van der Waals surface area contributed by atoms with Crippen LogP contribution in [0.2, 0.25) is 0 Å². The normalized spacial score (nSPS) is 11.0. The topological polar surface area (TPSA) is 53.6 Å². The first-order chi connectivity index (χ1) is 12.1. The number of anilines is 1. The molecule has 0 aliphatic rings. The lowest BCUT2D eigenvalue weighted by molar-refractivity contribution is 0.586. The predicted molar refractivity (Wildman–Crippen MR) is 99.0 cm³/mol. The summed E-state index contributed by atoms with van der Waals surface area (Å²) in [5.74, 6) is 0.374. The van der Waals surface area contributed by atoms with Gasteiger partial charge in [0.25, 0.3) is 0 Å². The van der Waals surface area contributed by atoms with Crippen molar-refractivity contribution in [3.63, 3.8) is 0 Å². The van der Waals surface area contributed by atoms with E-state index in [4.69, 9.17) is 0 Å². The van der Waals surface area contributed by atoms with Crippen LogP contribution in [0.5, 0.6) is 0 Å². The number of H-pyrrole nitrogens is 1. The first-order valence-electron chi connectivity index (χ1n) is 8.03. The fraction of sp³-hybridized carbons (Fsp3) is 0.100. The maximum absolute atomic E-state index is 13.3. The summed E-state index contributed by atoms with van der Waals surface area (Å²) in [6.07, 6.45) is 3.38. The van der Waals surface area contributed by atoms with E-state index >= 15 is 0 Å². The Morgan fingerprint density at radius 2 is 1.80 bits per heavy atom. The van der Waals surface area contributed by atoms with Crippen LogP contribution in [0, 0.1) is 12.9 Å². The maximum Gasteiger partial charge on any atom is 0.213 e. The summed E-state index contributed by atoms with van der Waals surface area (Å²) < 4.78 is 13.3. The SMILES string of the molecule is CNc1ccc(-c2ccc(-c3cc4cc(F)ncc4[nH]3)c(C)c2)cn1. The average molecular weight is 332 g/mol. The molecule has 0 unspecified atom stereocenters. The zero-order chi connectivity index (χ0) is 17.4. The number of aromatic amines is 1. The quantitative estimate of drug-likeness (QED) is 0.531. The highest BCUT2D eigenvalue weighted by Crippen LogP contribution is 2.30. The molecule has 0 spiro atoms. The Kier molecular flexibility index (Phi) is 3.69. The van der Waals surface area contributed by atoms with Gasteiger partial charge in [0.15, 0.2) is 0 Å². The standard InChI is InChI=1S/C20H17FN4/c1-12-7-13(14-4-6-20(22-2)24-10-14)3-5-16(12)17-8-15-9-19(21)23-11-18(15)25-17/h3-11,25H,1-2H3,(H,22,24). The van der Waals surface area contributed by atoms with Crippen LogP contribution < -0.4 is 5.32 Å². The fourth-order valence-electron chi connectivity index (χ4n) is 3.01. The fourth-order valence-corrected chi connectivity index (χ4v) is 3.01. The minimum atomic E-state index is -0.470. The maximum atomic E-state index is 13.3. The average Bonchev–Trinajstić information content (AvgIpc) is 3.04. The lowest BCUT2D eigenvalue weighted by Crippen LogP contribution is -1.91. The molecule has 0 aliphatic carbocycles. The van der Waals surface area contributed by atoms with Crippen LogP contribution in [0.15, 0.2) is 54.9 Å². The molecule has 2 N–H and O–H groups in total. The second kappa shape index (κ2) is 6.02. The molecule has 5 heteroatoms. The summed E-state index contributed by atoms with van der Waals surface area (Å²) >= 11 is 0. The Hall–Kier alpha value is -3.21. The van der Waals surface area contributed by atoms with E-state index in [0.717, 1.165) is 44.7 Å². The van der Waals surface area contributed by atoms with Gasteiger partial charge in [0.05, 0.1) is 11.7 Å². The molecule has 0 saturated heterocycles. The van der Waals surface area contributed by atoms with Gasteiger partial charge in [0.1, 0.15) is 5.82 Å².